The van der Waals surface area contributed by atoms with Gasteiger partial charge in [-0.2, -0.15) is 0 Å². The first-order valence-electron chi connectivity index (χ1n) is 7.57. The van der Waals surface area contributed by atoms with Crippen molar-refractivity contribution in [3.63, 3.8) is 0 Å². The highest BCUT2D eigenvalue weighted by molar-refractivity contribution is 6.03. The zero-order chi connectivity index (χ0) is 14.8. The maximum absolute atomic E-state index is 11.9. The lowest BCUT2D eigenvalue weighted by Crippen LogP contribution is -2.41. The highest BCUT2D eigenvalue weighted by Crippen LogP contribution is 2.24. The summed E-state index contributed by atoms with van der Waals surface area (Å²) < 4.78 is 0. The molecule has 3 amide bonds. The molecule has 5 nitrogen and oxygen atoms in total. The van der Waals surface area contributed by atoms with Crippen LogP contribution in [-0.4, -0.2) is 42.5 Å². The third-order valence-corrected chi connectivity index (χ3v) is 4.40. The van der Waals surface area contributed by atoms with Crippen molar-refractivity contribution in [2.45, 2.75) is 25.8 Å². The molecule has 2 fully saturated rings. The van der Waals surface area contributed by atoms with Crippen LogP contribution in [0.2, 0.25) is 0 Å². The van der Waals surface area contributed by atoms with Crippen LogP contribution in [0.1, 0.15) is 19.8 Å². The summed E-state index contributed by atoms with van der Waals surface area (Å²) in [4.78, 5) is 27.4. The van der Waals surface area contributed by atoms with E-state index in [4.69, 9.17) is 0 Å². The molecule has 3 rings (SSSR count). The Kier molecular flexibility index (Phi) is 3.82. The van der Waals surface area contributed by atoms with Crippen molar-refractivity contribution in [2.24, 2.45) is 5.92 Å². The third kappa shape index (κ3) is 2.86. The van der Waals surface area contributed by atoms with Gasteiger partial charge in [0.25, 0.3) is 5.91 Å². The summed E-state index contributed by atoms with van der Waals surface area (Å²) >= 11 is 0. The van der Waals surface area contributed by atoms with Crippen molar-refractivity contribution in [1.29, 1.82) is 0 Å². The fraction of sp³-hybridized carbons (Fsp3) is 0.500. The van der Waals surface area contributed by atoms with Gasteiger partial charge in [-0.15, -0.1) is 0 Å². The van der Waals surface area contributed by atoms with Crippen LogP contribution in [-0.2, 0) is 4.79 Å². The summed E-state index contributed by atoms with van der Waals surface area (Å²) in [6, 6.07) is 9.76. The fourth-order valence-electron chi connectivity index (χ4n) is 3.10. The molecule has 1 aromatic carbocycles. The maximum atomic E-state index is 11.9. The topological polar surface area (TPSA) is 52.7 Å². The van der Waals surface area contributed by atoms with E-state index in [1.54, 1.807) is 6.92 Å². The van der Waals surface area contributed by atoms with Crippen LogP contribution in [0.3, 0.4) is 0 Å². The number of hydrogen-bond acceptors (Lipinski definition) is 3. The van der Waals surface area contributed by atoms with Gasteiger partial charge in [-0.3, -0.25) is 9.69 Å². The predicted octanol–water partition coefficient (Wildman–Crippen LogP) is 1.84. The number of anilines is 1. The Bertz CT molecular complexity index is 524. The zero-order valence-electron chi connectivity index (χ0n) is 12.3. The van der Waals surface area contributed by atoms with Gasteiger partial charge >= 0.3 is 6.03 Å². The van der Waals surface area contributed by atoms with Crippen molar-refractivity contribution in [3.05, 3.63) is 30.3 Å². The average molecular weight is 287 g/mol. The lowest BCUT2D eigenvalue weighted by Gasteiger charge is -2.34. The van der Waals surface area contributed by atoms with Gasteiger partial charge in [-0.1, -0.05) is 18.2 Å². The molecule has 0 aliphatic carbocycles. The molecule has 2 heterocycles. The van der Waals surface area contributed by atoms with Crippen LogP contribution in [0, 0.1) is 5.92 Å². The average Bonchev–Trinajstić information content (AvgIpc) is 2.75. The van der Waals surface area contributed by atoms with Crippen molar-refractivity contribution < 1.29 is 9.59 Å². The molecule has 5 heteroatoms. The van der Waals surface area contributed by atoms with E-state index in [0.717, 1.165) is 25.9 Å². The first kappa shape index (κ1) is 13.9. The number of nitrogens with zero attached hydrogens (tertiary/aromatic N) is 2. The van der Waals surface area contributed by atoms with E-state index < -0.39 is 0 Å². The molecule has 2 saturated heterocycles. The molecule has 0 radical (unpaired) electrons. The molecular formula is C16H21N3O2. The van der Waals surface area contributed by atoms with Gasteiger partial charge in [0.1, 0.15) is 6.04 Å². The number of carbonyl (C=O) groups excluding carboxylic acids is 2. The number of piperidine rings is 1. The first-order valence-corrected chi connectivity index (χ1v) is 7.57. The highest BCUT2D eigenvalue weighted by Gasteiger charge is 2.36. The van der Waals surface area contributed by atoms with Crippen molar-refractivity contribution in [2.75, 3.05) is 24.5 Å². The Balaban J connectivity index is 1.55. The molecule has 0 saturated carbocycles. The van der Waals surface area contributed by atoms with Crippen molar-refractivity contribution in [3.8, 4) is 0 Å². The third-order valence-electron chi connectivity index (χ3n) is 4.40. The van der Waals surface area contributed by atoms with Crippen molar-refractivity contribution >= 4 is 17.6 Å². The van der Waals surface area contributed by atoms with E-state index in [9.17, 15) is 9.59 Å². The first-order chi connectivity index (χ1) is 10.1. The van der Waals surface area contributed by atoms with Gasteiger partial charge in [-0.25, -0.2) is 4.79 Å². The second-order valence-electron chi connectivity index (χ2n) is 5.89. The Hall–Kier alpha value is -2.04. The molecule has 0 spiro atoms. The lowest BCUT2D eigenvalue weighted by molar-refractivity contribution is -0.127. The molecule has 0 aromatic heterocycles. The number of para-hydroxylation sites is 1. The Morgan fingerprint density at radius 3 is 2.38 bits per heavy atom. The van der Waals surface area contributed by atoms with Crippen LogP contribution in [0.25, 0.3) is 0 Å². The van der Waals surface area contributed by atoms with Gasteiger partial charge in [-0.05, 0) is 37.8 Å². The Morgan fingerprint density at radius 2 is 1.81 bits per heavy atom. The maximum Gasteiger partial charge on any atom is 0.324 e. The van der Waals surface area contributed by atoms with Gasteiger partial charge in [0.05, 0.1) is 0 Å². The normalized spacial score (nSPS) is 23.6. The van der Waals surface area contributed by atoms with E-state index in [-0.39, 0.29) is 18.0 Å². The smallest absolute Gasteiger partial charge is 0.324 e. The summed E-state index contributed by atoms with van der Waals surface area (Å²) in [7, 11) is 0. The predicted molar refractivity (Wildman–Crippen MR) is 81.1 cm³/mol. The quantitative estimate of drug-likeness (QED) is 0.863. The van der Waals surface area contributed by atoms with Gasteiger partial charge < -0.3 is 10.2 Å². The number of nitrogens with one attached hydrogen (secondary N) is 1. The summed E-state index contributed by atoms with van der Waals surface area (Å²) in [5.41, 5.74) is 1.25. The number of amides is 3. The minimum atomic E-state index is -0.373. The largest absolute Gasteiger partial charge is 0.372 e. The zero-order valence-corrected chi connectivity index (χ0v) is 12.3. The minimum Gasteiger partial charge on any atom is -0.372 e. The SMILES string of the molecule is C[C@H]1NC(=O)N(CC2CCN(c3ccccc3)CC2)C1=O. The van der Waals surface area contributed by atoms with Crippen LogP contribution in [0.4, 0.5) is 10.5 Å². The van der Waals surface area contributed by atoms with Crippen molar-refractivity contribution in [1.82, 2.24) is 10.2 Å². The van der Waals surface area contributed by atoms with E-state index >= 15 is 0 Å². The van der Waals surface area contributed by atoms with E-state index in [1.807, 2.05) is 6.07 Å². The number of hydrogen-bond donors (Lipinski definition) is 1. The molecule has 0 unspecified atom stereocenters. The number of carbonyl (C=O) groups is 2. The summed E-state index contributed by atoms with van der Waals surface area (Å²) in [5, 5.41) is 2.67. The molecule has 2 aliphatic heterocycles. The monoisotopic (exact) mass is 287 g/mol. The summed E-state index contributed by atoms with van der Waals surface area (Å²) in [6.45, 7) is 4.25. The number of rotatable bonds is 3. The van der Waals surface area contributed by atoms with Crippen LogP contribution < -0.4 is 10.2 Å². The van der Waals surface area contributed by atoms with Crippen LogP contribution >= 0.6 is 0 Å². The highest BCUT2D eigenvalue weighted by atomic mass is 16.2. The molecule has 112 valence electrons. The van der Waals surface area contributed by atoms with Crippen LogP contribution in [0.15, 0.2) is 30.3 Å². The Labute approximate surface area is 124 Å². The molecular weight excluding hydrogens is 266 g/mol. The lowest BCUT2D eigenvalue weighted by atomic mass is 9.96. The van der Waals surface area contributed by atoms with E-state index in [1.165, 1.54) is 10.6 Å². The number of imide groups is 1. The second-order valence-corrected chi connectivity index (χ2v) is 5.89. The molecule has 21 heavy (non-hydrogen) atoms. The standard InChI is InChI=1S/C16H21N3O2/c1-12-15(20)19(16(21)17-12)11-13-7-9-18(10-8-13)14-5-3-2-4-6-14/h2-6,12-13H,7-11H2,1H3,(H,17,21)/t12-/m1/s1. The fourth-order valence-corrected chi connectivity index (χ4v) is 3.10. The number of urea groups is 1. The van der Waals surface area contributed by atoms with E-state index in [0.29, 0.717) is 12.5 Å². The molecule has 1 aromatic rings. The summed E-state index contributed by atoms with van der Waals surface area (Å²) in [5.74, 6) is 0.315. The van der Waals surface area contributed by atoms with Gasteiger partial charge in [0, 0.05) is 25.3 Å². The van der Waals surface area contributed by atoms with Crippen LogP contribution in [0.5, 0.6) is 0 Å². The summed E-state index contributed by atoms with van der Waals surface area (Å²) in [6.07, 6.45) is 2.03. The minimum absolute atomic E-state index is 0.0921. The molecule has 0 bridgehead atoms. The number of benzene rings is 1. The molecule has 1 N–H and O–H groups in total. The molecule has 1 atom stereocenters. The van der Waals surface area contributed by atoms with Gasteiger partial charge in [0.15, 0.2) is 0 Å². The second kappa shape index (κ2) is 5.76. The Morgan fingerprint density at radius 1 is 1.14 bits per heavy atom. The van der Waals surface area contributed by atoms with E-state index in [2.05, 4.69) is 34.5 Å². The molecule has 2 aliphatic rings. The van der Waals surface area contributed by atoms with Gasteiger partial charge in [0.2, 0.25) is 0 Å².